The Labute approximate surface area is 237 Å². The summed E-state index contributed by atoms with van der Waals surface area (Å²) in [6.07, 6.45) is 3.78. The van der Waals surface area contributed by atoms with E-state index < -0.39 is 59.8 Å². The first-order valence-corrected chi connectivity index (χ1v) is 14.3. The van der Waals surface area contributed by atoms with Gasteiger partial charge < -0.3 is 38.8 Å². The van der Waals surface area contributed by atoms with Crippen LogP contribution in [0.5, 0.6) is 0 Å². The molecule has 11 nitrogen and oxygen atoms in total. The van der Waals surface area contributed by atoms with Crippen molar-refractivity contribution in [1.82, 2.24) is 4.90 Å². The predicted molar refractivity (Wildman–Crippen MR) is 144 cm³/mol. The summed E-state index contributed by atoms with van der Waals surface area (Å²) in [4.78, 5) is 41.4. The van der Waals surface area contributed by atoms with Crippen LogP contribution in [0.15, 0.2) is 11.6 Å². The zero-order valence-corrected chi connectivity index (χ0v) is 24.7. The van der Waals surface area contributed by atoms with Crippen LogP contribution < -0.4 is 0 Å². The largest absolute Gasteiger partial charge is 0.457 e. The molecule has 3 aliphatic rings. The molecule has 0 radical (unpaired) electrons. The van der Waals surface area contributed by atoms with E-state index in [9.17, 15) is 24.6 Å². The van der Waals surface area contributed by atoms with Crippen LogP contribution in [0.4, 0.5) is 0 Å². The number of nitrogens with zero attached hydrogens (tertiary/aromatic N) is 1. The average molecular weight is 570 g/mol. The normalized spacial score (nSPS) is 36.1. The third-order valence-electron chi connectivity index (χ3n) is 8.72. The Morgan fingerprint density at radius 2 is 1.77 bits per heavy atom. The van der Waals surface area contributed by atoms with Gasteiger partial charge in [0.2, 0.25) is 5.79 Å². The van der Waals surface area contributed by atoms with Gasteiger partial charge in [-0.25, -0.2) is 4.79 Å². The van der Waals surface area contributed by atoms with E-state index in [1.807, 2.05) is 6.92 Å². The Bertz CT molecular complexity index is 924. The summed E-state index contributed by atoms with van der Waals surface area (Å²) in [7, 11) is 4.57. The van der Waals surface area contributed by atoms with Gasteiger partial charge in [0.25, 0.3) is 11.7 Å². The zero-order valence-electron chi connectivity index (χ0n) is 24.7. The zero-order chi connectivity index (χ0) is 29.6. The van der Waals surface area contributed by atoms with Crippen LogP contribution in [0.25, 0.3) is 0 Å². The number of hydrogen-bond donors (Lipinski definition) is 2. The van der Waals surface area contributed by atoms with Crippen LogP contribution in [-0.4, -0.2) is 110 Å². The highest BCUT2D eigenvalue weighted by molar-refractivity contribution is 6.39. The second-order valence-electron chi connectivity index (χ2n) is 11.5. The number of allylic oxidation sites excluding steroid dienone is 1. The van der Waals surface area contributed by atoms with Crippen LogP contribution in [0, 0.1) is 11.8 Å². The number of amides is 1. The Morgan fingerprint density at radius 1 is 1.07 bits per heavy atom. The lowest BCUT2D eigenvalue weighted by Crippen LogP contribution is -2.63. The molecule has 40 heavy (non-hydrogen) atoms. The Hall–Kier alpha value is -1.89. The Balaban J connectivity index is 1.68. The van der Waals surface area contributed by atoms with E-state index in [-0.39, 0.29) is 25.2 Å². The number of ether oxygens (including phenoxy) is 5. The van der Waals surface area contributed by atoms with Crippen molar-refractivity contribution in [2.75, 3.05) is 34.5 Å². The number of aliphatic hydroxyl groups excluding tert-OH is 1. The highest BCUT2D eigenvalue weighted by Gasteiger charge is 2.55. The summed E-state index contributed by atoms with van der Waals surface area (Å²) in [5.74, 6) is -5.54. The second-order valence-corrected chi connectivity index (χ2v) is 11.5. The molecule has 2 saturated heterocycles. The number of likely N-dealkylation sites (tertiary alicyclic amines) is 1. The molecular formula is C29H47NO10. The van der Waals surface area contributed by atoms with Crippen LogP contribution in [0.3, 0.4) is 0 Å². The summed E-state index contributed by atoms with van der Waals surface area (Å²) in [5.41, 5.74) is 0.866. The first kappa shape index (κ1) is 32.6. The molecule has 11 heteroatoms. The number of carbonyl (C=O) groups is 3. The summed E-state index contributed by atoms with van der Waals surface area (Å²) < 4.78 is 27.5. The van der Waals surface area contributed by atoms with E-state index in [0.717, 1.165) is 12.0 Å². The van der Waals surface area contributed by atoms with Gasteiger partial charge in [-0.2, -0.15) is 0 Å². The van der Waals surface area contributed by atoms with Crippen molar-refractivity contribution in [2.45, 2.75) is 108 Å². The molecule has 2 heterocycles. The molecule has 0 aromatic rings. The van der Waals surface area contributed by atoms with Crippen molar-refractivity contribution in [1.29, 1.82) is 0 Å². The van der Waals surface area contributed by atoms with Crippen molar-refractivity contribution < 1.29 is 48.3 Å². The molecular weight excluding hydrogens is 522 g/mol. The molecule has 9 atom stereocenters. The highest BCUT2D eigenvalue weighted by Crippen LogP contribution is 2.36. The number of methoxy groups -OCH3 is 3. The van der Waals surface area contributed by atoms with E-state index >= 15 is 0 Å². The van der Waals surface area contributed by atoms with E-state index in [4.69, 9.17) is 23.7 Å². The molecule has 0 aromatic carbocycles. The SMILES string of the molecule is COCC1OC(O)(C(=O)C(=O)N2CCCC[C@H]2C(=O)OC(C)/C(C)=C/[C@@H]2CCC(O)C(OC)C2)[C@H](C)CC1OC. The van der Waals surface area contributed by atoms with Gasteiger partial charge in [0.1, 0.15) is 18.2 Å². The van der Waals surface area contributed by atoms with Crippen molar-refractivity contribution in [3.63, 3.8) is 0 Å². The van der Waals surface area contributed by atoms with E-state index in [2.05, 4.69) is 6.08 Å². The fourth-order valence-corrected chi connectivity index (χ4v) is 6.02. The number of ketones is 1. The minimum absolute atomic E-state index is 0.0754. The van der Waals surface area contributed by atoms with Crippen molar-refractivity contribution in [3.05, 3.63) is 11.6 Å². The third kappa shape index (κ3) is 7.30. The Kier molecular flexibility index (Phi) is 11.7. The van der Waals surface area contributed by atoms with Crippen molar-refractivity contribution in [3.8, 4) is 0 Å². The number of aliphatic hydroxyl groups is 2. The van der Waals surface area contributed by atoms with E-state index in [0.29, 0.717) is 38.5 Å². The maximum absolute atomic E-state index is 13.5. The third-order valence-corrected chi connectivity index (χ3v) is 8.72. The van der Waals surface area contributed by atoms with Gasteiger partial charge in [-0.1, -0.05) is 13.0 Å². The first-order chi connectivity index (χ1) is 19.0. The molecule has 0 bridgehead atoms. The summed E-state index contributed by atoms with van der Waals surface area (Å²) in [6, 6.07) is -0.938. The number of Topliss-reactive ketones (excluding diaryl/α,β-unsaturated/α-hetero) is 1. The van der Waals surface area contributed by atoms with Crippen molar-refractivity contribution in [2.24, 2.45) is 11.8 Å². The summed E-state index contributed by atoms with van der Waals surface area (Å²) in [6.45, 7) is 5.56. The number of hydrogen-bond acceptors (Lipinski definition) is 10. The maximum Gasteiger partial charge on any atom is 0.329 e. The smallest absolute Gasteiger partial charge is 0.329 e. The lowest BCUT2D eigenvalue weighted by atomic mass is 9.84. The van der Waals surface area contributed by atoms with Gasteiger partial charge in [-0.05, 0) is 70.3 Å². The molecule has 2 aliphatic heterocycles. The quantitative estimate of drug-likeness (QED) is 0.227. The number of esters is 1. The second kappa shape index (κ2) is 14.3. The van der Waals surface area contributed by atoms with Crippen molar-refractivity contribution >= 4 is 17.7 Å². The van der Waals surface area contributed by atoms with Crippen LogP contribution in [0.2, 0.25) is 0 Å². The van der Waals surface area contributed by atoms with Gasteiger partial charge >= 0.3 is 5.97 Å². The topological polar surface area (TPSA) is 141 Å². The van der Waals surface area contributed by atoms with Gasteiger partial charge in [0.05, 0.1) is 24.9 Å². The van der Waals surface area contributed by atoms with Crippen LogP contribution >= 0.6 is 0 Å². The Morgan fingerprint density at radius 3 is 2.42 bits per heavy atom. The van der Waals surface area contributed by atoms with Crippen LogP contribution in [0.1, 0.15) is 65.7 Å². The highest BCUT2D eigenvalue weighted by atomic mass is 16.7. The lowest BCUT2D eigenvalue weighted by Gasteiger charge is -2.44. The molecule has 228 valence electrons. The molecule has 1 amide bonds. The van der Waals surface area contributed by atoms with Gasteiger partial charge in [0.15, 0.2) is 0 Å². The average Bonchev–Trinajstić information content (AvgIpc) is 2.94. The molecule has 1 aliphatic carbocycles. The van der Waals surface area contributed by atoms with Gasteiger partial charge in [-0.3, -0.25) is 9.59 Å². The summed E-state index contributed by atoms with van der Waals surface area (Å²) in [5, 5.41) is 21.4. The standard InChI is InChI=1S/C29H47NO10/c1-17(13-20-10-11-22(31)23(15-20)37-5)19(3)39-28(34)21-9-7-8-12-30(21)27(33)26(32)29(35)18(2)14-24(38-6)25(40-29)16-36-4/h13,18-25,31,35H,7-12,14-16H2,1-6H3/b17-13+/t18-,19?,20+,21+,22?,23?,24?,25?,29?/m1/s1. The number of piperidine rings is 1. The molecule has 6 unspecified atom stereocenters. The molecule has 1 saturated carbocycles. The monoisotopic (exact) mass is 569 g/mol. The van der Waals surface area contributed by atoms with E-state index in [1.165, 1.54) is 19.1 Å². The molecule has 3 rings (SSSR count). The van der Waals surface area contributed by atoms with Crippen LogP contribution in [-0.2, 0) is 38.1 Å². The molecule has 0 aromatic heterocycles. The van der Waals surface area contributed by atoms with Gasteiger partial charge in [-0.15, -0.1) is 0 Å². The minimum atomic E-state index is -2.36. The maximum atomic E-state index is 13.5. The molecule has 2 N–H and O–H groups in total. The fraction of sp³-hybridized carbons (Fsp3) is 0.828. The fourth-order valence-electron chi connectivity index (χ4n) is 6.02. The first-order valence-electron chi connectivity index (χ1n) is 14.3. The molecule has 3 fully saturated rings. The van der Waals surface area contributed by atoms with E-state index in [1.54, 1.807) is 21.0 Å². The summed E-state index contributed by atoms with van der Waals surface area (Å²) >= 11 is 0. The molecule has 0 spiro atoms. The predicted octanol–water partition coefficient (Wildman–Crippen LogP) is 1.77. The number of rotatable bonds is 10. The lowest BCUT2D eigenvalue weighted by molar-refractivity contribution is -0.291. The minimum Gasteiger partial charge on any atom is -0.457 e. The number of carbonyl (C=O) groups excluding carboxylic acids is 3. The van der Waals surface area contributed by atoms with Gasteiger partial charge in [0, 0.05) is 33.8 Å².